The maximum absolute atomic E-state index is 11.9. The van der Waals surface area contributed by atoms with Crippen LogP contribution in [0.2, 0.25) is 0 Å². The smallest absolute Gasteiger partial charge is 0.227 e. The van der Waals surface area contributed by atoms with Gasteiger partial charge in [0, 0.05) is 38.3 Å². The van der Waals surface area contributed by atoms with E-state index in [-0.39, 0.29) is 29.9 Å². The van der Waals surface area contributed by atoms with Crippen LogP contribution in [0.25, 0.3) is 0 Å². The SMILES string of the molecule is CCNC(=NCc1ccc(N2CCCC2=O)cc1)NCc1ccccc1COCC.I. The van der Waals surface area contributed by atoms with Crippen LogP contribution in [0.3, 0.4) is 0 Å². The van der Waals surface area contributed by atoms with Crippen LogP contribution in [0.1, 0.15) is 43.4 Å². The second-order valence-corrected chi connectivity index (χ2v) is 7.27. The van der Waals surface area contributed by atoms with Crippen molar-refractivity contribution < 1.29 is 9.53 Å². The number of carbonyl (C=O) groups excluding carboxylic acids is 1. The number of ether oxygens (including phenoxy) is 1. The number of benzene rings is 2. The molecule has 1 fully saturated rings. The number of rotatable bonds is 9. The highest BCUT2D eigenvalue weighted by Gasteiger charge is 2.21. The normalized spacial score (nSPS) is 13.8. The lowest BCUT2D eigenvalue weighted by molar-refractivity contribution is -0.117. The van der Waals surface area contributed by atoms with Gasteiger partial charge in [-0.3, -0.25) is 4.79 Å². The Hall–Kier alpha value is -2.13. The van der Waals surface area contributed by atoms with Crippen molar-refractivity contribution in [2.24, 2.45) is 4.99 Å². The van der Waals surface area contributed by atoms with E-state index in [2.05, 4.69) is 29.7 Å². The standard InChI is InChI=1S/C24H32N4O2.HI/c1-3-25-24(27-17-20-8-5-6-9-21(20)18-30-4-2)26-16-19-11-13-22(14-12-19)28-15-7-10-23(28)29;/h5-6,8-9,11-14H,3-4,7,10,15-18H2,1-2H3,(H2,25,26,27);1H. The van der Waals surface area contributed by atoms with Crippen LogP contribution in [0.4, 0.5) is 5.69 Å². The van der Waals surface area contributed by atoms with Gasteiger partial charge in [-0.25, -0.2) is 4.99 Å². The first kappa shape index (κ1) is 25.1. The van der Waals surface area contributed by atoms with Crippen molar-refractivity contribution in [1.82, 2.24) is 10.6 Å². The van der Waals surface area contributed by atoms with E-state index in [4.69, 9.17) is 9.73 Å². The molecule has 0 radical (unpaired) electrons. The summed E-state index contributed by atoms with van der Waals surface area (Å²) in [7, 11) is 0. The minimum absolute atomic E-state index is 0. The first-order chi connectivity index (χ1) is 14.7. The predicted molar refractivity (Wildman–Crippen MR) is 137 cm³/mol. The number of aliphatic imine (C=N–C) groups is 1. The van der Waals surface area contributed by atoms with Crippen LogP contribution in [-0.4, -0.2) is 31.6 Å². The van der Waals surface area contributed by atoms with Crippen LogP contribution < -0.4 is 15.5 Å². The topological polar surface area (TPSA) is 66.0 Å². The maximum atomic E-state index is 11.9. The molecule has 1 aliphatic rings. The van der Waals surface area contributed by atoms with E-state index in [0.29, 0.717) is 32.7 Å². The average Bonchev–Trinajstić information content (AvgIpc) is 3.21. The molecule has 0 spiro atoms. The van der Waals surface area contributed by atoms with E-state index in [9.17, 15) is 4.79 Å². The molecule has 6 nitrogen and oxygen atoms in total. The third kappa shape index (κ3) is 7.50. The van der Waals surface area contributed by atoms with Crippen molar-refractivity contribution in [3.05, 3.63) is 65.2 Å². The Labute approximate surface area is 202 Å². The van der Waals surface area contributed by atoms with Crippen LogP contribution in [0, 0.1) is 0 Å². The molecule has 0 atom stereocenters. The molecule has 2 N–H and O–H groups in total. The fraction of sp³-hybridized carbons (Fsp3) is 0.417. The quantitative estimate of drug-likeness (QED) is 0.286. The third-order valence-electron chi connectivity index (χ3n) is 5.11. The molecule has 0 aromatic heterocycles. The molecule has 2 aromatic rings. The molecule has 1 aliphatic heterocycles. The number of nitrogens with zero attached hydrogens (tertiary/aromatic N) is 2. The van der Waals surface area contributed by atoms with Crippen LogP contribution in [-0.2, 0) is 29.2 Å². The van der Waals surface area contributed by atoms with Gasteiger partial charge >= 0.3 is 0 Å². The Bertz CT molecular complexity index is 855. The van der Waals surface area contributed by atoms with Crippen molar-refractivity contribution in [2.75, 3.05) is 24.6 Å². The zero-order valence-electron chi connectivity index (χ0n) is 18.4. The number of hydrogen-bond acceptors (Lipinski definition) is 3. The molecule has 2 aromatic carbocycles. The molecule has 0 saturated carbocycles. The summed E-state index contributed by atoms with van der Waals surface area (Å²) in [6.07, 6.45) is 1.59. The van der Waals surface area contributed by atoms with Gasteiger partial charge in [0.15, 0.2) is 5.96 Å². The number of nitrogens with one attached hydrogen (secondary N) is 2. The van der Waals surface area contributed by atoms with Crippen molar-refractivity contribution >= 4 is 41.5 Å². The monoisotopic (exact) mass is 536 g/mol. The lowest BCUT2D eigenvalue weighted by Gasteiger charge is -2.16. The van der Waals surface area contributed by atoms with Gasteiger partial charge in [0.05, 0.1) is 13.2 Å². The van der Waals surface area contributed by atoms with Crippen LogP contribution in [0.15, 0.2) is 53.5 Å². The molecular weight excluding hydrogens is 503 g/mol. The van der Waals surface area contributed by atoms with E-state index in [0.717, 1.165) is 36.7 Å². The number of hydrogen-bond donors (Lipinski definition) is 2. The molecular formula is C24H33IN4O2. The van der Waals surface area contributed by atoms with Gasteiger partial charge in [-0.1, -0.05) is 36.4 Å². The molecule has 31 heavy (non-hydrogen) atoms. The predicted octanol–water partition coefficient (Wildman–Crippen LogP) is 4.22. The van der Waals surface area contributed by atoms with E-state index >= 15 is 0 Å². The largest absolute Gasteiger partial charge is 0.377 e. The summed E-state index contributed by atoms with van der Waals surface area (Å²) in [4.78, 5) is 18.5. The molecule has 1 saturated heterocycles. The molecule has 0 aliphatic carbocycles. The van der Waals surface area contributed by atoms with Gasteiger partial charge in [-0.15, -0.1) is 24.0 Å². The molecule has 0 unspecified atom stereocenters. The van der Waals surface area contributed by atoms with Gasteiger partial charge in [0.2, 0.25) is 5.91 Å². The summed E-state index contributed by atoms with van der Waals surface area (Å²) in [6.45, 7) is 8.26. The second kappa shape index (κ2) is 13.3. The lowest BCUT2D eigenvalue weighted by Crippen LogP contribution is -2.37. The summed E-state index contributed by atoms with van der Waals surface area (Å²) >= 11 is 0. The van der Waals surface area contributed by atoms with E-state index < -0.39 is 0 Å². The first-order valence-electron chi connectivity index (χ1n) is 10.8. The molecule has 7 heteroatoms. The Morgan fingerprint density at radius 3 is 2.45 bits per heavy atom. The summed E-state index contributed by atoms with van der Waals surface area (Å²) in [5, 5.41) is 6.72. The average molecular weight is 536 g/mol. The number of anilines is 1. The zero-order chi connectivity index (χ0) is 21.2. The minimum atomic E-state index is 0. The highest BCUT2D eigenvalue weighted by molar-refractivity contribution is 14.0. The third-order valence-corrected chi connectivity index (χ3v) is 5.11. The van der Waals surface area contributed by atoms with E-state index in [1.165, 1.54) is 11.1 Å². The summed E-state index contributed by atoms with van der Waals surface area (Å²) in [5.74, 6) is 0.992. The zero-order valence-corrected chi connectivity index (χ0v) is 20.7. The second-order valence-electron chi connectivity index (χ2n) is 7.27. The summed E-state index contributed by atoms with van der Waals surface area (Å²) in [6, 6.07) is 16.4. The van der Waals surface area contributed by atoms with Gasteiger partial charge in [-0.05, 0) is 49.1 Å². The highest BCUT2D eigenvalue weighted by atomic mass is 127. The van der Waals surface area contributed by atoms with Crippen molar-refractivity contribution in [2.45, 2.75) is 46.4 Å². The summed E-state index contributed by atoms with van der Waals surface area (Å²) < 4.78 is 5.57. The molecule has 1 amide bonds. The first-order valence-corrected chi connectivity index (χ1v) is 10.8. The van der Waals surface area contributed by atoms with Gasteiger partial charge in [0.1, 0.15) is 0 Å². The Balaban J connectivity index is 0.00000341. The Morgan fingerprint density at radius 1 is 1.06 bits per heavy atom. The maximum Gasteiger partial charge on any atom is 0.227 e. The summed E-state index contributed by atoms with van der Waals surface area (Å²) in [5.41, 5.74) is 4.48. The Morgan fingerprint density at radius 2 is 1.81 bits per heavy atom. The van der Waals surface area contributed by atoms with Crippen molar-refractivity contribution in [3.8, 4) is 0 Å². The fourth-order valence-electron chi connectivity index (χ4n) is 3.48. The van der Waals surface area contributed by atoms with Gasteiger partial charge in [0.25, 0.3) is 0 Å². The van der Waals surface area contributed by atoms with Crippen LogP contribution in [0.5, 0.6) is 0 Å². The lowest BCUT2D eigenvalue weighted by atomic mass is 10.1. The van der Waals surface area contributed by atoms with Gasteiger partial charge in [-0.2, -0.15) is 0 Å². The molecule has 168 valence electrons. The molecule has 1 heterocycles. The number of amides is 1. The van der Waals surface area contributed by atoms with Crippen molar-refractivity contribution in [3.63, 3.8) is 0 Å². The molecule has 0 bridgehead atoms. The van der Waals surface area contributed by atoms with Gasteiger partial charge < -0.3 is 20.3 Å². The fourth-order valence-corrected chi connectivity index (χ4v) is 3.48. The minimum Gasteiger partial charge on any atom is -0.377 e. The number of guanidine groups is 1. The van der Waals surface area contributed by atoms with E-state index in [1.807, 2.05) is 48.2 Å². The number of carbonyl (C=O) groups is 1. The van der Waals surface area contributed by atoms with Crippen LogP contribution >= 0.6 is 24.0 Å². The Kier molecular flexibility index (Phi) is 10.8. The number of halogens is 1. The molecule has 3 rings (SSSR count). The highest BCUT2D eigenvalue weighted by Crippen LogP contribution is 2.21. The van der Waals surface area contributed by atoms with Crippen molar-refractivity contribution in [1.29, 1.82) is 0 Å². The van der Waals surface area contributed by atoms with E-state index in [1.54, 1.807) is 0 Å².